The minimum atomic E-state index is -0.961. The van der Waals surface area contributed by atoms with Crippen molar-refractivity contribution >= 4 is 21.9 Å². The average molecular weight is 327 g/mol. The molecule has 0 bridgehead atoms. The third-order valence-electron chi connectivity index (χ3n) is 3.67. The zero-order valence-corrected chi connectivity index (χ0v) is 12.6. The molecule has 0 amide bonds. The number of carbonyl (C=O) groups is 1. The average Bonchev–Trinajstić information content (AvgIpc) is 2.75. The van der Waals surface area contributed by atoms with Crippen LogP contribution in [0.2, 0.25) is 0 Å². The number of nitrogens with zero attached hydrogens (tertiary/aromatic N) is 1. The van der Waals surface area contributed by atoms with Gasteiger partial charge in [0.1, 0.15) is 6.04 Å². The minimum absolute atomic E-state index is 0.360. The van der Waals surface area contributed by atoms with E-state index in [0.29, 0.717) is 12.3 Å². The van der Waals surface area contributed by atoms with Gasteiger partial charge in [-0.05, 0) is 49.5 Å². The summed E-state index contributed by atoms with van der Waals surface area (Å²) in [6, 6.07) is 5.24. The van der Waals surface area contributed by atoms with Crippen LogP contribution in [0, 0.1) is 0 Å². The summed E-state index contributed by atoms with van der Waals surface area (Å²) in [4.78, 5) is 13.1. The summed E-state index contributed by atoms with van der Waals surface area (Å²) in [6.45, 7) is 2.20. The second-order valence-corrected chi connectivity index (χ2v) is 6.11. The van der Waals surface area contributed by atoms with Gasteiger partial charge in [0.2, 0.25) is 0 Å². The van der Waals surface area contributed by atoms with Crippen LogP contribution in [0.25, 0.3) is 0 Å². The highest BCUT2D eigenvalue weighted by molar-refractivity contribution is 9.10. The molecule has 0 spiro atoms. The van der Waals surface area contributed by atoms with Gasteiger partial charge in [0, 0.05) is 11.0 Å². The van der Waals surface area contributed by atoms with Gasteiger partial charge in [-0.25, -0.2) is 0 Å². The maximum absolute atomic E-state index is 10.8. The van der Waals surface area contributed by atoms with E-state index in [1.165, 1.54) is 12.0 Å². The highest BCUT2D eigenvalue weighted by Gasteiger charge is 2.23. The summed E-state index contributed by atoms with van der Waals surface area (Å²) in [5.74, 6) is -0.404. The van der Waals surface area contributed by atoms with Crippen molar-refractivity contribution in [2.45, 2.75) is 24.8 Å². The zero-order valence-electron chi connectivity index (χ0n) is 11.0. The first-order chi connectivity index (χ1) is 8.97. The summed E-state index contributed by atoms with van der Waals surface area (Å²) in [5, 5.41) is 8.83. The maximum atomic E-state index is 10.8. The Labute approximate surface area is 121 Å². The molecular weight excluding hydrogens is 308 g/mol. The number of carboxylic acid groups (broad SMARTS) is 1. The van der Waals surface area contributed by atoms with Crippen LogP contribution >= 0.6 is 15.9 Å². The fraction of sp³-hybridized carbons (Fsp3) is 0.500. The molecule has 2 unspecified atom stereocenters. The number of likely N-dealkylation sites (N-methyl/N-ethyl adjacent to an activating group) is 1. The molecule has 0 aromatic heterocycles. The molecule has 2 rings (SSSR count). The highest BCUT2D eigenvalue weighted by atomic mass is 79.9. The number of carboxylic acids is 1. The lowest BCUT2D eigenvalue weighted by atomic mass is 9.96. The van der Waals surface area contributed by atoms with E-state index in [9.17, 15) is 4.79 Å². The number of rotatable bonds is 4. The normalized spacial score (nSPS) is 21.5. The van der Waals surface area contributed by atoms with Crippen molar-refractivity contribution in [2.75, 3.05) is 20.1 Å². The SMILES string of the molecule is CN1CCC(c2ccc(CC(N)C(=O)O)cc2Br)C1. The third-order valence-corrected chi connectivity index (χ3v) is 4.36. The predicted octanol–water partition coefficient (Wildman–Crippen LogP) is 1.82. The Hall–Kier alpha value is -0.910. The number of likely N-dealkylation sites (tertiary alicyclic amines) is 1. The largest absolute Gasteiger partial charge is 0.480 e. The lowest BCUT2D eigenvalue weighted by Gasteiger charge is -2.14. The fourth-order valence-electron chi connectivity index (χ4n) is 2.56. The van der Waals surface area contributed by atoms with E-state index in [1.807, 2.05) is 12.1 Å². The molecule has 4 nitrogen and oxygen atoms in total. The summed E-state index contributed by atoms with van der Waals surface area (Å²) in [7, 11) is 2.13. The summed E-state index contributed by atoms with van der Waals surface area (Å²) < 4.78 is 1.06. The molecule has 2 atom stereocenters. The monoisotopic (exact) mass is 326 g/mol. The molecule has 0 radical (unpaired) electrons. The number of halogens is 1. The Kier molecular flexibility index (Phi) is 4.60. The molecule has 5 heteroatoms. The second-order valence-electron chi connectivity index (χ2n) is 5.25. The van der Waals surface area contributed by atoms with Crippen molar-refractivity contribution in [3.05, 3.63) is 33.8 Å². The number of nitrogens with two attached hydrogens (primary N) is 1. The van der Waals surface area contributed by atoms with Crippen molar-refractivity contribution in [2.24, 2.45) is 5.73 Å². The van der Waals surface area contributed by atoms with Gasteiger partial charge < -0.3 is 15.7 Å². The van der Waals surface area contributed by atoms with E-state index in [4.69, 9.17) is 10.8 Å². The van der Waals surface area contributed by atoms with E-state index in [0.717, 1.165) is 23.1 Å². The lowest BCUT2D eigenvalue weighted by molar-refractivity contribution is -0.138. The number of hydrogen-bond donors (Lipinski definition) is 2. The van der Waals surface area contributed by atoms with Gasteiger partial charge in [-0.1, -0.05) is 28.1 Å². The number of aliphatic carboxylic acids is 1. The van der Waals surface area contributed by atoms with Crippen molar-refractivity contribution in [1.29, 1.82) is 0 Å². The summed E-state index contributed by atoms with van der Waals surface area (Å²) >= 11 is 3.60. The molecule has 1 aromatic carbocycles. The van der Waals surface area contributed by atoms with E-state index in [-0.39, 0.29) is 0 Å². The third kappa shape index (κ3) is 3.55. The van der Waals surface area contributed by atoms with E-state index < -0.39 is 12.0 Å². The van der Waals surface area contributed by atoms with Crippen LogP contribution in [-0.4, -0.2) is 42.2 Å². The van der Waals surface area contributed by atoms with E-state index >= 15 is 0 Å². The Balaban J connectivity index is 2.11. The van der Waals surface area contributed by atoms with Gasteiger partial charge in [-0.3, -0.25) is 4.79 Å². The van der Waals surface area contributed by atoms with Crippen molar-refractivity contribution in [3.8, 4) is 0 Å². The van der Waals surface area contributed by atoms with Crippen molar-refractivity contribution in [1.82, 2.24) is 4.90 Å². The Morgan fingerprint density at radius 1 is 1.63 bits per heavy atom. The first kappa shape index (κ1) is 14.5. The van der Waals surface area contributed by atoms with Crippen molar-refractivity contribution < 1.29 is 9.90 Å². The van der Waals surface area contributed by atoms with Crippen LogP contribution < -0.4 is 5.73 Å². The topological polar surface area (TPSA) is 66.6 Å². The standard InChI is InChI=1S/C14H19BrN2O2/c1-17-5-4-10(8-17)11-3-2-9(6-12(11)15)7-13(16)14(18)19/h2-3,6,10,13H,4-5,7-8,16H2,1H3,(H,18,19). The molecule has 0 aliphatic carbocycles. The van der Waals surface area contributed by atoms with Crippen LogP contribution in [-0.2, 0) is 11.2 Å². The molecule has 104 valence electrons. The highest BCUT2D eigenvalue weighted by Crippen LogP contribution is 2.32. The molecule has 1 heterocycles. The van der Waals surface area contributed by atoms with Gasteiger partial charge >= 0.3 is 5.97 Å². The molecule has 1 aliphatic rings. The second kappa shape index (κ2) is 6.03. The van der Waals surface area contributed by atoms with Crippen LogP contribution in [0.3, 0.4) is 0 Å². The summed E-state index contributed by atoms with van der Waals surface area (Å²) in [5.41, 5.74) is 7.81. The van der Waals surface area contributed by atoms with E-state index in [1.54, 1.807) is 0 Å². The fourth-order valence-corrected chi connectivity index (χ4v) is 3.31. The number of hydrogen-bond acceptors (Lipinski definition) is 3. The van der Waals surface area contributed by atoms with Crippen LogP contribution in [0.1, 0.15) is 23.5 Å². The smallest absolute Gasteiger partial charge is 0.320 e. The van der Waals surface area contributed by atoms with Gasteiger partial charge in [-0.15, -0.1) is 0 Å². The molecule has 1 fully saturated rings. The Morgan fingerprint density at radius 2 is 2.37 bits per heavy atom. The van der Waals surface area contributed by atoms with Gasteiger partial charge in [0.25, 0.3) is 0 Å². The molecule has 0 saturated carbocycles. The van der Waals surface area contributed by atoms with Crippen molar-refractivity contribution in [3.63, 3.8) is 0 Å². The maximum Gasteiger partial charge on any atom is 0.320 e. The van der Waals surface area contributed by atoms with Gasteiger partial charge in [-0.2, -0.15) is 0 Å². The molecule has 1 aromatic rings. The molecule has 3 N–H and O–H groups in total. The van der Waals surface area contributed by atoms with Crippen LogP contribution in [0.15, 0.2) is 22.7 Å². The molecule has 1 aliphatic heterocycles. The summed E-state index contributed by atoms with van der Waals surface area (Å²) in [6.07, 6.45) is 1.53. The zero-order chi connectivity index (χ0) is 14.0. The van der Waals surface area contributed by atoms with E-state index in [2.05, 4.69) is 33.9 Å². The first-order valence-corrected chi connectivity index (χ1v) is 7.22. The van der Waals surface area contributed by atoms with Crippen LogP contribution in [0.5, 0.6) is 0 Å². The number of benzene rings is 1. The van der Waals surface area contributed by atoms with Gasteiger partial charge in [0.15, 0.2) is 0 Å². The quantitative estimate of drug-likeness (QED) is 0.885. The lowest BCUT2D eigenvalue weighted by Crippen LogP contribution is -2.32. The Morgan fingerprint density at radius 3 is 2.89 bits per heavy atom. The molecule has 1 saturated heterocycles. The molecule has 19 heavy (non-hydrogen) atoms. The van der Waals surface area contributed by atoms with Crippen LogP contribution in [0.4, 0.5) is 0 Å². The molecular formula is C14H19BrN2O2. The Bertz CT molecular complexity index is 479. The van der Waals surface area contributed by atoms with Gasteiger partial charge in [0.05, 0.1) is 0 Å². The minimum Gasteiger partial charge on any atom is -0.480 e. The predicted molar refractivity (Wildman–Crippen MR) is 78.3 cm³/mol. The first-order valence-electron chi connectivity index (χ1n) is 6.42.